The zero-order valence-electron chi connectivity index (χ0n) is 10.2. The first kappa shape index (κ1) is 12.6. The van der Waals surface area contributed by atoms with Gasteiger partial charge in [-0.1, -0.05) is 19.1 Å². The van der Waals surface area contributed by atoms with Gasteiger partial charge in [-0.25, -0.2) is 4.79 Å². The third-order valence-corrected chi connectivity index (χ3v) is 2.24. The number of methoxy groups -OCH3 is 1. The van der Waals surface area contributed by atoms with Crippen LogP contribution >= 0.6 is 0 Å². The third-order valence-electron chi connectivity index (χ3n) is 2.24. The zero-order chi connectivity index (χ0) is 12.1. The standard InChI is InChI=1S/C13H18O3/c1-5-10-7-6-8-11(12(10)15-4)13(14)16-9(2)3/h6-9H,5H2,1-4H3. The zero-order valence-corrected chi connectivity index (χ0v) is 10.2. The number of rotatable bonds is 4. The van der Waals surface area contributed by atoms with Gasteiger partial charge in [0, 0.05) is 0 Å². The summed E-state index contributed by atoms with van der Waals surface area (Å²) < 4.78 is 10.4. The number of carbonyl (C=O) groups is 1. The van der Waals surface area contributed by atoms with Gasteiger partial charge in [0.2, 0.25) is 0 Å². The quantitative estimate of drug-likeness (QED) is 0.735. The van der Waals surface area contributed by atoms with E-state index in [1.54, 1.807) is 13.2 Å². The van der Waals surface area contributed by atoms with Crippen LogP contribution < -0.4 is 4.74 Å². The lowest BCUT2D eigenvalue weighted by atomic mass is 10.1. The molecule has 1 aromatic carbocycles. The lowest BCUT2D eigenvalue weighted by Crippen LogP contribution is -2.13. The molecule has 88 valence electrons. The number of benzene rings is 1. The molecule has 0 N–H and O–H groups in total. The second-order valence-corrected chi connectivity index (χ2v) is 3.81. The van der Waals surface area contributed by atoms with Gasteiger partial charge >= 0.3 is 5.97 Å². The lowest BCUT2D eigenvalue weighted by Gasteiger charge is -2.13. The molecule has 3 nitrogen and oxygen atoms in total. The first-order valence-electron chi connectivity index (χ1n) is 5.47. The predicted octanol–water partition coefficient (Wildman–Crippen LogP) is 2.82. The van der Waals surface area contributed by atoms with E-state index in [-0.39, 0.29) is 12.1 Å². The van der Waals surface area contributed by atoms with Crippen LogP contribution in [0.4, 0.5) is 0 Å². The Morgan fingerprint density at radius 2 is 2.06 bits per heavy atom. The van der Waals surface area contributed by atoms with Crippen LogP contribution in [0.2, 0.25) is 0 Å². The van der Waals surface area contributed by atoms with E-state index in [1.165, 1.54) is 0 Å². The maximum atomic E-state index is 11.8. The molecular formula is C13H18O3. The summed E-state index contributed by atoms with van der Waals surface area (Å²) in [5, 5.41) is 0. The van der Waals surface area contributed by atoms with Crippen LogP contribution in [-0.4, -0.2) is 19.2 Å². The molecule has 0 atom stereocenters. The first-order chi connectivity index (χ1) is 7.60. The van der Waals surface area contributed by atoms with Crippen LogP contribution in [0.1, 0.15) is 36.7 Å². The number of para-hydroxylation sites is 1. The number of esters is 1. The van der Waals surface area contributed by atoms with Crippen LogP contribution in [0.5, 0.6) is 5.75 Å². The first-order valence-corrected chi connectivity index (χ1v) is 5.47. The Hall–Kier alpha value is -1.51. The van der Waals surface area contributed by atoms with Crippen molar-refractivity contribution in [1.29, 1.82) is 0 Å². The van der Waals surface area contributed by atoms with E-state index in [4.69, 9.17) is 9.47 Å². The summed E-state index contributed by atoms with van der Waals surface area (Å²) in [5.41, 5.74) is 1.51. The molecule has 0 amide bonds. The van der Waals surface area contributed by atoms with Crippen molar-refractivity contribution in [3.63, 3.8) is 0 Å². The summed E-state index contributed by atoms with van der Waals surface area (Å²) in [6.07, 6.45) is 0.703. The van der Waals surface area contributed by atoms with Crippen LogP contribution in [0.25, 0.3) is 0 Å². The lowest BCUT2D eigenvalue weighted by molar-refractivity contribution is 0.0374. The fraction of sp³-hybridized carbons (Fsp3) is 0.462. The molecule has 0 aliphatic heterocycles. The van der Waals surface area contributed by atoms with Crippen molar-refractivity contribution >= 4 is 5.97 Å². The highest BCUT2D eigenvalue weighted by atomic mass is 16.5. The second-order valence-electron chi connectivity index (χ2n) is 3.81. The van der Waals surface area contributed by atoms with E-state index in [0.29, 0.717) is 11.3 Å². The van der Waals surface area contributed by atoms with E-state index in [2.05, 4.69) is 0 Å². The highest BCUT2D eigenvalue weighted by Gasteiger charge is 2.16. The Kier molecular flexibility index (Phi) is 4.35. The highest BCUT2D eigenvalue weighted by Crippen LogP contribution is 2.25. The van der Waals surface area contributed by atoms with Crippen molar-refractivity contribution < 1.29 is 14.3 Å². The average molecular weight is 222 g/mol. The van der Waals surface area contributed by atoms with Crippen molar-refractivity contribution in [3.05, 3.63) is 29.3 Å². The molecule has 0 fully saturated rings. The molecule has 0 aromatic heterocycles. The average Bonchev–Trinajstić information content (AvgIpc) is 2.26. The summed E-state index contributed by atoms with van der Waals surface area (Å²) >= 11 is 0. The van der Waals surface area contributed by atoms with E-state index in [1.807, 2.05) is 32.9 Å². The van der Waals surface area contributed by atoms with Gasteiger partial charge in [-0.2, -0.15) is 0 Å². The minimum atomic E-state index is -0.331. The highest BCUT2D eigenvalue weighted by molar-refractivity contribution is 5.93. The molecule has 0 radical (unpaired) electrons. The molecule has 0 heterocycles. The predicted molar refractivity (Wildman–Crippen MR) is 62.9 cm³/mol. The van der Waals surface area contributed by atoms with Crippen molar-refractivity contribution in [2.45, 2.75) is 33.3 Å². The van der Waals surface area contributed by atoms with Crippen molar-refractivity contribution in [2.24, 2.45) is 0 Å². The Morgan fingerprint density at radius 3 is 2.56 bits per heavy atom. The minimum absolute atomic E-state index is 0.123. The van der Waals surface area contributed by atoms with Gasteiger partial charge < -0.3 is 9.47 Å². The molecule has 0 saturated heterocycles. The fourth-order valence-electron chi connectivity index (χ4n) is 1.54. The summed E-state index contributed by atoms with van der Waals surface area (Å²) in [4.78, 5) is 11.8. The van der Waals surface area contributed by atoms with Gasteiger partial charge in [0.05, 0.1) is 13.2 Å². The summed E-state index contributed by atoms with van der Waals surface area (Å²) in [7, 11) is 1.57. The second kappa shape index (κ2) is 5.54. The molecule has 0 saturated carbocycles. The normalized spacial score (nSPS) is 10.3. The van der Waals surface area contributed by atoms with E-state index < -0.39 is 0 Å². The third kappa shape index (κ3) is 2.75. The van der Waals surface area contributed by atoms with Crippen LogP contribution in [0, 0.1) is 0 Å². The van der Waals surface area contributed by atoms with E-state index in [9.17, 15) is 4.79 Å². The van der Waals surface area contributed by atoms with Crippen LogP contribution in [0.3, 0.4) is 0 Å². The summed E-state index contributed by atoms with van der Waals surface area (Å²) in [5.74, 6) is 0.290. The molecule has 0 unspecified atom stereocenters. The minimum Gasteiger partial charge on any atom is -0.496 e. The van der Waals surface area contributed by atoms with Gasteiger partial charge in [0.1, 0.15) is 11.3 Å². The smallest absolute Gasteiger partial charge is 0.342 e. The molecule has 1 rings (SSSR count). The molecule has 1 aromatic rings. The Balaban J connectivity index is 3.07. The summed E-state index contributed by atoms with van der Waals surface area (Å²) in [6.45, 7) is 5.68. The van der Waals surface area contributed by atoms with Crippen molar-refractivity contribution in [1.82, 2.24) is 0 Å². The largest absolute Gasteiger partial charge is 0.496 e. The number of hydrogen-bond acceptors (Lipinski definition) is 3. The number of aryl methyl sites for hydroxylation is 1. The molecule has 16 heavy (non-hydrogen) atoms. The van der Waals surface area contributed by atoms with Crippen LogP contribution in [0.15, 0.2) is 18.2 Å². The van der Waals surface area contributed by atoms with Gasteiger partial charge in [-0.3, -0.25) is 0 Å². The van der Waals surface area contributed by atoms with Gasteiger partial charge in [-0.15, -0.1) is 0 Å². The Labute approximate surface area is 96.4 Å². The number of ether oxygens (including phenoxy) is 2. The monoisotopic (exact) mass is 222 g/mol. The molecule has 0 aliphatic rings. The van der Waals surface area contributed by atoms with Gasteiger partial charge in [0.25, 0.3) is 0 Å². The van der Waals surface area contributed by atoms with Gasteiger partial charge in [-0.05, 0) is 31.9 Å². The SMILES string of the molecule is CCc1cccc(C(=O)OC(C)C)c1OC. The Morgan fingerprint density at radius 1 is 1.38 bits per heavy atom. The van der Waals surface area contributed by atoms with Gasteiger partial charge in [0.15, 0.2) is 0 Å². The van der Waals surface area contributed by atoms with E-state index in [0.717, 1.165) is 12.0 Å². The molecular weight excluding hydrogens is 204 g/mol. The van der Waals surface area contributed by atoms with E-state index >= 15 is 0 Å². The molecule has 0 spiro atoms. The maximum Gasteiger partial charge on any atom is 0.342 e. The molecule has 0 aliphatic carbocycles. The topological polar surface area (TPSA) is 35.5 Å². The van der Waals surface area contributed by atoms with Crippen LogP contribution in [-0.2, 0) is 11.2 Å². The number of hydrogen-bond donors (Lipinski definition) is 0. The van der Waals surface area contributed by atoms with Crippen molar-refractivity contribution in [3.8, 4) is 5.75 Å². The summed E-state index contributed by atoms with van der Waals surface area (Å²) in [6, 6.07) is 5.52. The number of carbonyl (C=O) groups excluding carboxylic acids is 1. The van der Waals surface area contributed by atoms with Crippen molar-refractivity contribution in [2.75, 3.05) is 7.11 Å². The molecule has 0 bridgehead atoms. The maximum absolute atomic E-state index is 11.8. The Bertz CT molecular complexity index is 369. The fourth-order valence-corrected chi connectivity index (χ4v) is 1.54. The molecule has 3 heteroatoms.